The molecule has 4 saturated carbocycles. The number of fused-ring (bicyclic) bond motifs is 8. The Labute approximate surface area is 206 Å². The maximum Gasteiger partial charge on any atom is 0.302 e. The Kier molecular flexibility index (Phi) is 5.71. The SMILES string of the molecule is CC(=O)O[C@H]1CC[C@@]2(C)[C@H](C1)[C@@H](O)C[C@H]1[C@@H]3CC[C@H]4[C@@H](CN5C[C@@H](C)CC[C@@H]5[C@@]4(C)O)[C@@H]3C[C@@H]12. The summed E-state index contributed by atoms with van der Waals surface area (Å²) in [6.07, 6.45) is 9.50. The topological polar surface area (TPSA) is 70.0 Å². The lowest BCUT2D eigenvalue weighted by molar-refractivity contribution is -0.176. The number of carbonyl (C=O) groups excluding carboxylic acids is 1. The molecular formula is C29H47NO4. The van der Waals surface area contributed by atoms with E-state index in [1.807, 2.05) is 0 Å². The zero-order chi connectivity index (χ0) is 24.0. The number of hydrogen-bond acceptors (Lipinski definition) is 5. The number of piperidine rings is 2. The number of hydrogen-bond donors (Lipinski definition) is 2. The molecule has 13 atom stereocenters. The van der Waals surface area contributed by atoms with Gasteiger partial charge in [0.05, 0.1) is 11.7 Å². The Morgan fingerprint density at radius 2 is 1.68 bits per heavy atom. The minimum Gasteiger partial charge on any atom is -0.463 e. The van der Waals surface area contributed by atoms with E-state index in [1.54, 1.807) is 0 Å². The van der Waals surface area contributed by atoms with Crippen LogP contribution in [0.5, 0.6) is 0 Å². The van der Waals surface area contributed by atoms with Crippen LogP contribution in [0.15, 0.2) is 0 Å². The Bertz CT molecular complexity index is 814. The van der Waals surface area contributed by atoms with Crippen LogP contribution in [0.25, 0.3) is 0 Å². The van der Waals surface area contributed by atoms with E-state index in [2.05, 4.69) is 25.7 Å². The van der Waals surface area contributed by atoms with Crippen LogP contribution >= 0.6 is 0 Å². The lowest BCUT2D eigenvalue weighted by Crippen LogP contribution is -2.67. The summed E-state index contributed by atoms with van der Waals surface area (Å²) in [4.78, 5) is 14.3. The molecule has 0 aromatic rings. The largest absolute Gasteiger partial charge is 0.463 e. The first-order chi connectivity index (χ1) is 16.1. The van der Waals surface area contributed by atoms with Gasteiger partial charge in [-0.25, -0.2) is 0 Å². The van der Waals surface area contributed by atoms with Gasteiger partial charge in [-0.3, -0.25) is 9.69 Å². The van der Waals surface area contributed by atoms with Crippen LogP contribution in [-0.4, -0.2) is 58.0 Å². The number of ether oxygens (including phenoxy) is 1. The number of carbonyl (C=O) groups is 1. The first kappa shape index (κ1) is 23.7. The molecule has 6 aliphatic rings. The second-order valence-electron chi connectivity index (χ2n) is 14.0. The fourth-order valence-corrected chi connectivity index (χ4v) is 10.9. The molecule has 4 aliphatic carbocycles. The third kappa shape index (κ3) is 3.46. The van der Waals surface area contributed by atoms with Crippen LogP contribution in [0.3, 0.4) is 0 Å². The highest BCUT2D eigenvalue weighted by Crippen LogP contribution is 2.67. The molecule has 2 saturated heterocycles. The molecule has 34 heavy (non-hydrogen) atoms. The van der Waals surface area contributed by atoms with E-state index in [0.717, 1.165) is 51.0 Å². The van der Waals surface area contributed by atoms with Crippen molar-refractivity contribution in [3.05, 3.63) is 0 Å². The highest BCUT2D eigenvalue weighted by molar-refractivity contribution is 5.66. The van der Waals surface area contributed by atoms with Gasteiger partial charge in [0.15, 0.2) is 0 Å². The minimum atomic E-state index is -0.574. The van der Waals surface area contributed by atoms with Crippen molar-refractivity contribution in [2.24, 2.45) is 52.8 Å². The van der Waals surface area contributed by atoms with Crippen molar-refractivity contribution < 1.29 is 19.7 Å². The molecule has 2 aliphatic heterocycles. The first-order valence-electron chi connectivity index (χ1n) is 14.4. The van der Waals surface area contributed by atoms with Crippen molar-refractivity contribution >= 4 is 5.97 Å². The van der Waals surface area contributed by atoms with Crippen molar-refractivity contribution in [2.45, 2.75) is 109 Å². The summed E-state index contributed by atoms with van der Waals surface area (Å²) in [5, 5.41) is 23.3. The van der Waals surface area contributed by atoms with Crippen LogP contribution in [-0.2, 0) is 9.53 Å². The Hall–Kier alpha value is -0.650. The molecule has 0 bridgehead atoms. The summed E-state index contributed by atoms with van der Waals surface area (Å²) in [5.74, 6) is 4.48. The summed E-state index contributed by atoms with van der Waals surface area (Å²) in [7, 11) is 0. The quantitative estimate of drug-likeness (QED) is 0.557. The second kappa shape index (κ2) is 8.18. The molecule has 192 valence electrons. The van der Waals surface area contributed by atoms with Crippen LogP contribution in [0.4, 0.5) is 0 Å². The van der Waals surface area contributed by atoms with Gasteiger partial charge in [-0.1, -0.05) is 13.8 Å². The average Bonchev–Trinajstić information content (AvgIpc) is 3.14. The van der Waals surface area contributed by atoms with E-state index in [0.29, 0.717) is 41.5 Å². The zero-order valence-corrected chi connectivity index (χ0v) is 21.8. The van der Waals surface area contributed by atoms with Gasteiger partial charge in [-0.05, 0) is 117 Å². The Morgan fingerprint density at radius 1 is 0.882 bits per heavy atom. The lowest BCUT2D eigenvalue weighted by Gasteiger charge is -2.60. The molecule has 0 amide bonds. The molecular weight excluding hydrogens is 426 g/mol. The number of rotatable bonds is 1. The normalized spacial score (nSPS) is 56.9. The average molecular weight is 474 g/mol. The summed E-state index contributed by atoms with van der Waals surface area (Å²) in [6, 6.07) is 0.338. The van der Waals surface area contributed by atoms with Crippen LogP contribution in [0, 0.1) is 52.8 Å². The Balaban J connectivity index is 1.26. The standard InChI is InChI=1S/C29H47NO4/c1-16-5-8-27-29(4,33)23-7-6-19-20(22(23)15-30(27)14-16)12-24-21(19)13-26(32)25-11-18(34-17(2)31)9-10-28(24,25)3/h16,18-27,32-33H,5-15H2,1-4H3/t16-,18-,19+,20+,21-,22-,23-,24-,25+,26-,27+,28+,29-/m0/s1. The number of esters is 1. The van der Waals surface area contributed by atoms with Gasteiger partial charge in [-0.15, -0.1) is 0 Å². The van der Waals surface area contributed by atoms with E-state index < -0.39 is 5.60 Å². The van der Waals surface area contributed by atoms with Crippen molar-refractivity contribution in [2.75, 3.05) is 13.1 Å². The van der Waals surface area contributed by atoms with Crippen molar-refractivity contribution in [1.29, 1.82) is 0 Å². The molecule has 0 aromatic heterocycles. The molecule has 6 rings (SSSR count). The summed E-state index contributed by atoms with van der Waals surface area (Å²) in [5.41, 5.74) is -0.430. The summed E-state index contributed by atoms with van der Waals surface area (Å²) >= 11 is 0. The van der Waals surface area contributed by atoms with Crippen LogP contribution < -0.4 is 0 Å². The molecule has 0 radical (unpaired) electrons. The summed E-state index contributed by atoms with van der Waals surface area (Å²) in [6.45, 7) is 10.8. The van der Waals surface area contributed by atoms with Crippen molar-refractivity contribution in [3.8, 4) is 0 Å². The molecule has 0 unspecified atom stereocenters. The molecule has 0 spiro atoms. The van der Waals surface area contributed by atoms with Gasteiger partial charge in [0.2, 0.25) is 0 Å². The number of nitrogens with zero attached hydrogens (tertiary/aromatic N) is 1. The van der Waals surface area contributed by atoms with Crippen LogP contribution in [0.1, 0.15) is 85.5 Å². The van der Waals surface area contributed by atoms with E-state index in [4.69, 9.17) is 4.74 Å². The molecule has 0 aromatic carbocycles. The highest BCUT2D eigenvalue weighted by atomic mass is 16.5. The number of aliphatic hydroxyl groups is 2. The van der Waals surface area contributed by atoms with Gasteiger partial charge in [0.25, 0.3) is 0 Å². The van der Waals surface area contributed by atoms with E-state index in [9.17, 15) is 15.0 Å². The van der Waals surface area contributed by atoms with Crippen LogP contribution in [0.2, 0.25) is 0 Å². The van der Waals surface area contributed by atoms with Crippen molar-refractivity contribution in [3.63, 3.8) is 0 Å². The minimum absolute atomic E-state index is 0.0266. The predicted molar refractivity (Wildman–Crippen MR) is 131 cm³/mol. The molecule has 2 heterocycles. The highest BCUT2D eigenvalue weighted by Gasteiger charge is 2.64. The van der Waals surface area contributed by atoms with Gasteiger partial charge in [0, 0.05) is 26.1 Å². The zero-order valence-electron chi connectivity index (χ0n) is 21.8. The van der Waals surface area contributed by atoms with Gasteiger partial charge >= 0.3 is 5.97 Å². The maximum absolute atomic E-state index is 11.9. The fraction of sp³-hybridized carbons (Fsp3) is 0.966. The molecule has 5 heteroatoms. The van der Waals surface area contributed by atoms with Gasteiger partial charge in [0.1, 0.15) is 6.10 Å². The Morgan fingerprint density at radius 3 is 2.44 bits per heavy atom. The van der Waals surface area contributed by atoms with Crippen molar-refractivity contribution in [1.82, 2.24) is 4.90 Å². The smallest absolute Gasteiger partial charge is 0.302 e. The third-order valence-corrected chi connectivity index (χ3v) is 12.3. The second-order valence-corrected chi connectivity index (χ2v) is 14.0. The monoisotopic (exact) mass is 473 g/mol. The van der Waals surface area contributed by atoms with E-state index in [-0.39, 0.29) is 29.5 Å². The number of aliphatic hydroxyl groups excluding tert-OH is 1. The molecule has 6 fully saturated rings. The summed E-state index contributed by atoms with van der Waals surface area (Å²) < 4.78 is 5.61. The fourth-order valence-electron chi connectivity index (χ4n) is 10.9. The van der Waals surface area contributed by atoms with E-state index in [1.165, 1.54) is 32.7 Å². The molecule has 2 N–H and O–H groups in total. The van der Waals surface area contributed by atoms with E-state index >= 15 is 0 Å². The first-order valence-corrected chi connectivity index (χ1v) is 14.4. The lowest BCUT2D eigenvalue weighted by atomic mass is 9.51. The predicted octanol–water partition coefficient (Wildman–Crippen LogP) is 4.25. The van der Waals surface area contributed by atoms with Gasteiger partial charge < -0.3 is 14.9 Å². The maximum atomic E-state index is 11.9. The van der Waals surface area contributed by atoms with Gasteiger partial charge in [-0.2, -0.15) is 0 Å². The third-order valence-electron chi connectivity index (χ3n) is 12.3. The molecule has 5 nitrogen and oxygen atoms in total.